The third-order valence-corrected chi connectivity index (χ3v) is 25.6. The van der Waals surface area contributed by atoms with E-state index in [4.69, 9.17) is 34.8 Å². The molecule has 0 aliphatic carbocycles. The fourth-order valence-corrected chi connectivity index (χ4v) is 32.3. The first kappa shape index (κ1) is 82.0. The minimum absolute atomic E-state index is 0. The van der Waals surface area contributed by atoms with Crippen molar-refractivity contribution in [1.82, 2.24) is 0 Å². The van der Waals surface area contributed by atoms with Crippen LogP contribution in [0.1, 0.15) is 87.6 Å². The van der Waals surface area contributed by atoms with Gasteiger partial charge in [0.25, 0.3) is 0 Å². The maximum atomic E-state index is 12.5. The number of carbonyl (C=O) groups excluding carboxylic acids is 1. The Balaban J connectivity index is -0.000000106. The molecule has 9 nitrogen and oxygen atoms in total. The van der Waals surface area contributed by atoms with Crippen molar-refractivity contribution in [2.24, 2.45) is 0 Å². The van der Waals surface area contributed by atoms with Gasteiger partial charge in [-0.2, -0.15) is 0 Å². The van der Waals surface area contributed by atoms with Gasteiger partial charge in [0.2, 0.25) is 0 Å². The Morgan fingerprint density at radius 2 is 0.833 bits per heavy atom. The second kappa shape index (κ2) is 35.6. The van der Waals surface area contributed by atoms with E-state index in [1.807, 2.05) is 39.3 Å². The van der Waals surface area contributed by atoms with Crippen molar-refractivity contribution < 1.29 is 39.6 Å². The first-order valence-electron chi connectivity index (χ1n) is 13.3. The highest BCUT2D eigenvalue weighted by molar-refractivity contribution is 6.92. The van der Waals surface area contributed by atoms with Gasteiger partial charge in [-0.25, -0.2) is 0 Å². The molecule has 0 rings (SSSR count). The van der Waals surface area contributed by atoms with Crippen molar-refractivity contribution in [3.05, 3.63) is 13.2 Å². The first-order valence-corrected chi connectivity index (χ1v) is 30.8. The normalized spacial score (nSPS) is 12.8. The molecule has 0 heterocycles. The molecule has 15 heteroatoms. The van der Waals surface area contributed by atoms with Crippen LogP contribution in [0.3, 0.4) is 0 Å². The molecular weight excluding hydrogens is 709 g/mol. The van der Waals surface area contributed by atoms with Gasteiger partial charge >= 0.3 is 40.2 Å². The lowest BCUT2D eigenvalue weighted by Gasteiger charge is -2.44. The molecule has 0 aromatic rings. The van der Waals surface area contributed by atoms with E-state index in [2.05, 4.69) is 59.4 Å². The monoisotopic (exact) mass is 807 g/mol. The average Bonchev–Trinajstić information content (AvgIpc) is 2.66. The van der Waals surface area contributed by atoms with Crippen molar-refractivity contribution in [2.45, 2.75) is 172 Å². The summed E-state index contributed by atoms with van der Waals surface area (Å²) in [6.45, 7) is 34.5. The van der Waals surface area contributed by atoms with Crippen molar-refractivity contribution in [3.8, 4) is 0 Å². The quantitative estimate of drug-likeness (QED) is 0.0547. The maximum Gasteiger partial charge on any atom is 0.344 e. The summed E-state index contributed by atoms with van der Waals surface area (Å²) in [6.07, 6.45) is 1.23. The van der Waals surface area contributed by atoms with Crippen molar-refractivity contribution >= 4 is 56.8 Å². The molecule has 0 fully saturated rings. The molecule has 308 valence electrons. The van der Waals surface area contributed by atoms with E-state index in [1.165, 1.54) is 7.11 Å². The minimum atomic E-state index is -3.16. The largest absolute Gasteiger partial charge is 0.469 e. The van der Waals surface area contributed by atoms with Crippen molar-refractivity contribution in [1.29, 1.82) is 0 Å². The summed E-state index contributed by atoms with van der Waals surface area (Å²) in [5, 5.41) is 0. The predicted molar refractivity (Wildman–Crippen MR) is 238 cm³/mol. The number of hydrogen-bond acceptors (Lipinski definition) is 9. The number of carbonyl (C=O) groups is 1. The van der Waals surface area contributed by atoms with Gasteiger partial charge in [-0.05, 0) is 85.0 Å². The fraction of sp³-hybridized carbons (Fsp3) is 0.909. The van der Waals surface area contributed by atoms with Crippen LogP contribution in [-0.4, -0.2) is 90.0 Å². The number of methoxy groups -OCH3 is 1. The molecule has 48 heavy (non-hydrogen) atoms. The molecule has 0 aromatic carbocycles. The van der Waals surface area contributed by atoms with Crippen LogP contribution in [0.4, 0.5) is 0 Å². The van der Waals surface area contributed by atoms with E-state index in [-0.39, 0.29) is 92.5 Å². The molecule has 0 N–H and O–H groups in total. The molecule has 0 amide bonds. The molecule has 0 saturated heterocycles. The highest BCUT2D eigenvalue weighted by atomic mass is 28.5. The molecule has 0 aromatic heterocycles. The number of ether oxygens (including phenoxy) is 3. The molecule has 0 bridgehead atoms. The molecule has 2 unspecified atom stereocenters. The standard InChI is InChI=1S/C21H54O9Si6.C2H4.10CH4/c1-15-16-24-17-18-25-20-36(14,29-34(11,12)27-32(6,7)8)30-35(13,19-21(22)23-2)28-33(9,10)26-31(3,4)5;1-2;;;;;;;;;;/h15-20H2,1-14H3;1-2H2;10*1H4. The van der Waals surface area contributed by atoms with Crippen LogP contribution in [0.2, 0.25) is 84.6 Å². The zero-order chi connectivity index (χ0) is 30.5. The Hall–Kier alpha value is 0.231. The van der Waals surface area contributed by atoms with Crippen molar-refractivity contribution in [3.63, 3.8) is 0 Å². The summed E-state index contributed by atoms with van der Waals surface area (Å²) in [5.74, 6) is -0.373. The predicted octanol–water partition coefficient (Wildman–Crippen LogP) is 12.6. The molecule has 0 saturated carbocycles. The van der Waals surface area contributed by atoms with Gasteiger partial charge in [0.15, 0.2) is 16.6 Å². The van der Waals surface area contributed by atoms with E-state index in [0.717, 1.165) is 6.42 Å². The average molecular weight is 808 g/mol. The Morgan fingerprint density at radius 3 is 1.15 bits per heavy atom. The van der Waals surface area contributed by atoms with Crippen LogP contribution in [0.15, 0.2) is 13.2 Å². The van der Waals surface area contributed by atoms with E-state index in [0.29, 0.717) is 19.8 Å². The van der Waals surface area contributed by atoms with Gasteiger partial charge in [-0.1, -0.05) is 81.2 Å². The first-order chi connectivity index (χ1) is 17.1. The number of esters is 1. The van der Waals surface area contributed by atoms with Gasteiger partial charge < -0.3 is 34.8 Å². The Kier molecular flexibility index (Phi) is 60.8. The number of hydrogen-bond donors (Lipinski definition) is 0. The lowest BCUT2D eigenvalue weighted by atomic mass is 10.5. The van der Waals surface area contributed by atoms with Crippen LogP contribution in [0, 0.1) is 0 Å². The van der Waals surface area contributed by atoms with E-state index in [1.54, 1.807) is 0 Å². The third-order valence-electron chi connectivity index (χ3n) is 4.24. The summed E-state index contributed by atoms with van der Waals surface area (Å²) < 4.78 is 49.7. The van der Waals surface area contributed by atoms with Crippen LogP contribution >= 0.6 is 0 Å². The van der Waals surface area contributed by atoms with Gasteiger partial charge in [0, 0.05) is 6.61 Å². The Labute approximate surface area is 313 Å². The Bertz CT molecular complexity index is 692. The summed E-state index contributed by atoms with van der Waals surface area (Å²) in [6, 6.07) is 0.0391. The van der Waals surface area contributed by atoms with Gasteiger partial charge in [-0.3, -0.25) is 4.79 Å². The Morgan fingerprint density at radius 1 is 0.500 bits per heavy atom. The van der Waals surface area contributed by atoms with E-state index < -0.39 is 50.9 Å². The van der Waals surface area contributed by atoms with E-state index in [9.17, 15) is 4.79 Å². The van der Waals surface area contributed by atoms with Crippen LogP contribution in [0.5, 0.6) is 0 Å². The molecule has 0 radical (unpaired) electrons. The van der Waals surface area contributed by atoms with Crippen LogP contribution in [0.25, 0.3) is 0 Å². The van der Waals surface area contributed by atoms with Gasteiger partial charge in [0.1, 0.15) is 0 Å². The highest BCUT2D eigenvalue weighted by Crippen LogP contribution is 2.30. The zero-order valence-corrected chi connectivity index (χ0v) is 32.8. The van der Waals surface area contributed by atoms with Gasteiger partial charge in [-0.15, -0.1) is 13.2 Å². The highest BCUT2D eigenvalue weighted by Gasteiger charge is 2.52. The second-order valence-electron chi connectivity index (χ2n) is 12.2. The second-order valence-corrected chi connectivity index (χ2v) is 35.5. The van der Waals surface area contributed by atoms with E-state index >= 15 is 0 Å². The van der Waals surface area contributed by atoms with Crippen molar-refractivity contribution in [2.75, 3.05) is 33.2 Å². The lowest BCUT2D eigenvalue weighted by molar-refractivity contribution is -0.138. The summed E-state index contributed by atoms with van der Waals surface area (Å²) in [4.78, 5) is 12.5. The molecule has 0 spiro atoms. The van der Waals surface area contributed by atoms with Crippen LogP contribution < -0.4 is 0 Å². The zero-order valence-electron chi connectivity index (χ0n) is 26.8. The molecule has 2 atom stereocenters. The molecular formula is C33H98O9Si6. The SMILES string of the molecule is C.C.C.C.C.C.C.C.C.C.C=C.CCCOCCOC[Si](C)(O[Si](C)(C)O[Si](C)(C)C)O[Si](C)(CC(=O)OC)O[Si](C)(C)O[Si](C)(C)C. The minimum Gasteiger partial charge on any atom is -0.469 e. The summed E-state index contributed by atoms with van der Waals surface area (Å²) in [7, 11) is -13.8. The van der Waals surface area contributed by atoms with Gasteiger partial charge in [0.05, 0.1) is 32.6 Å². The van der Waals surface area contributed by atoms with Crippen LogP contribution in [-0.2, 0) is 39.6 Å². The summed E-state index contributed by atoms with van der Waals surface area (Å²) >= 11 is 0. The maximum absolute atomic E-state index is 12.5. The molecule has 0 aliphatic heterocycles. The number of rotatable bonds is 19. The third kappa shape index (κ3) is 44.3. The lowest BCUT2D eigenvalue weighted by Crippen LogP contribution is -2.63. The molecule has 0 aliphatic rings. The smallest absolute Gasteiger partial charge is 0.344 e. The topological polar surface area (TPSA) is 90.9 Å². The fourth-order valence-electron chi connectivity index (χ4n) is 4.14. The summed E-state index contributed by atoms with van der Waals surface area (Å²) in [5.41, 5.74) is 0.